The summed E-state index contributed by atoms with van der Waals surface area (Å²) in [5.41, 5.74) is 3.04. The van der Waals surface area contributed by atoms with Gasteiger partial charge in [-0.2, -0.15) is 0 Å². The lowest BCUT2D eigenvalue weighted by molar-refractivity contribution is 0.558. The summed E-state index contributed by atoms with van der Waals surface area (Å²) < 4.78 is 0.858. The minimum Gasteiger partial charge on any atom is -0.309 e. The van der Waals surface area contributed by atoms with Crippen LogP contribution in [0.1, 0.15) is 28.4 Å². The van der Waals surface area contributed by atoms with Crippen LogP contribution in [0.2, 0.25) is 4.34 Å². The van der Waals surface area contributed by atoms with Crippen LogP contribution in [-0.4, -0.2) is 11.5 Å². The van der Waals surface area contributed by atoms with Crippen LogP contribution in [0.3, 0.4) is 0 Å². The fourth-order valence-corrected chi connectivity index (χ4v) is 3.82. The summed E-state index contributed by atoms with van der Waals surface area (Å²) in [6.07, 6.45) is 0.980. The van der Waals surface area contributed by atoms with Crippen molar-refractivity contribution in [2.75, 3.05) is 6.54 Å². The van der Waals surface area contributed by atoms with Crippen LogP contribution in [0.4, 0.5) is 0 Å². The molecule has 0 aliphatic carbocycles. The van der Waals surface area contributed by atoms with E-state index in [2.05, 4.69) is 30.2 Å². The van der Waals surface area contributed by atoms with E-state index in [9.17, 15) is 0 Å². The molecular weight excluding hydrogens is 272 g/mol. The van der Waals surface area contributed by atoms with Gasteiger partial charge in [-0.05, 0) is 25.6 Å². The van der Waals surface area contributed by atoms with E-state index >= 15 is 0 Å². The zero-order valence-electron chi connectivity index (χ0n) is 9.87. The third kappa shape index (κ3) is 3.28. The molecule has 5 heteroatoms. The zero-order valence-corrected chi connectivity index (χ0v) is 12.3. The van der Waals surface area contributed by atoms with E-state index in [-0.39, 0.29) is 0 Å². The van der Waals surface area contributed by atoms with Crippen molar-refractivity contribution in [2.24, 2.45) is 0 Å². The van der Waals surface area contributed by atoms with Crippen LogP contribution >= 0.6 is 34.3 Å². The first-order valence-electron chi connectivity index (χ1n) is 5.58. The lowest BCUT2D eigenvalue weighted by Crippen LogP contribution is -2.22. The van der Waals surface area contributed by atoms with Crippen LogP contribution in [0.15, 0.2) is 17.6 Å². The molecule has 2 nitrogen and oxygen atoms in total. The van der Waals surface area contributed by atoms with Crippen molar-refractivity contribution in [3.05, 3.63) is 37.4 Å². The molecule has 0 fully saturated rings. The third-order valence-electron chi connectivity index (χ3n) is 2.58. The third-order valence-corrected chi connectivity index (χ3v) is 4.88. The normalized spacial score (nSPS) is 12.9. The van der Waals surface area contributed by atoms with Gasteiger partial charge in [0.25, 0.3) is 0 Å². The molecule has 0 aliphatic rings. The fourth-order valence-electron chi connectivity index (χ4n) is 1.81. The van der Waals surface area contributed by atoms with Crippen LogP contribution in [0.25, 0.3) is 0 Å². The molecule has 2 aromatic rings. The second-order valence-corrected chi connectivity index (χ2v) is 6.51. The van der Waals surface area contributed by atoms with Gasteiger partial charge in [-0.15, -0.1) is 22.7 Å². The van der Waals surface area contributed by atoms with E-state index in [4.69, 9.17) is 11.6 Å². The van der Waals surface area contributed by atoms with Gasteiger partial charge >= 0.3 is 0 Å². The zero-order chi connectivity index (χ0) is 12.3. The van der Waals surface area contributed by atoms with Crippen LogP contribution < -0.4 is 5.32 Å². The van der Waals surface area contributed by atoms with E-state index in [1.54, 1.807) is 22.7 Å². The number of nitrogens with zero attached hydrogens (tertiary/aromatic N) is 1. The molecule has 0 saturated heterocycles. The Kier molecular flexibility index (Phi) is 4.56. The Labute approximate surface area is 115 Å². The summed E-state index contributed by atoms with van der Waals surface area (Å²) in [4.78, 5) is 6.97. The maximum Gasteiger partial charge on any atom is 0.0931 e. The van der Waals surface area contributed by atoms with Crippen LogP contribution in [0.5, 0.6) is 0 Å². The summed E-state index contributed by atoms with van der Waals surface area (Å²) in [5.74, 6) is 0. The van der Waals surface area contributed by atoms with Crippen LogP contribution in [-0.2, 0) is 6.42 Å². The number of thiazole rings is 1. The Morgan fingerprint density at radius 1 is 1.47 bits per heavy atom. The number of aromatic nitrogens is 1. The van der Waals surface area contributed by atoms with E-state index in [1.807, 2.05) is 11.6 Å². The highest BCUT2D eigenvalue weighted by molar-refractivity contribution is 7.16. The summed E-state index contributed by atoms with van der Waals surface area (Å²) in [5, 5.41) is 3.52. The van der Waals surface area contributed by atoms with Crippen molar-refractivity contribution < 1.29 is 0 Å². The quantitative estimate of drug-likeness (QED) is 0.896. The second kappa shape index (κ2) is 5.96. The number of halogens is 1. The van der Waals surface area contributed by atoms with Gasteiger partial charge in [-0.25, -0.2) is 4.98 Å². The molecular formula is C12H15ClN2S2. The molecule has 0 saturated carbocycles. The number of likely N-dealkylation sites (N-methyl/N-ethyl adjacent to an activating group) is 1. The van der Waals surface area contributed by atoms with Gasteiger partial charge < -0.3 is 5.32 Å². The van der Waals surface area contributed by atoms with Crippen molar-refractivity contribution in [2.45, 2.75) is 26.3 Å². The Balaban J connectivity index is 2.15. The van der Waals surface area contributed by atoms with Gasteiger partial charge in [0, 0.05) is 22.2 Å². The van der Waals surface area contributed by atoms with Gasteiger partial charge in [0.05, 0.1) is 15.5 Å². The Hall–Kier alpha value is -0.420. The minimum absolute atomic E-state index is 0.349. The molecule has 1 unspecified atom stereocenters. The molecule has 0 amide bonds. The molecule has 0 spiro atoms. The lowest BCUT2D eigenvalue weighted by atomic mass is 10.1. The molecule has 1 N–H and O–H groups in total. The average molecular weight is 287 g/mol. The molecule has 0 aliphatic heterocycles. The van der Waals surface area contributed by atoms with Gasteiger partial charge in [0.2, 0.25) is 0 Å². The van der Waals surface area contributed by atoms with Gasteiger partial charge in [0.1, 0.15) is 0 Å². The molecule has 17 heavy (non-hydrogen) atoms. The van der Waals surface area contributed by atoms with Crippen molar-refractivity contribution in [3.8, 4) is 0 Å². The van der Waals surface area contributed by atoms with Crippen molar-refractivity contribution in [1.82, 2.24) is 10.3 Å². The highest BCUT2D eigenvalue weighted by atomic mass is 35.5. The molecule has 2 rings (SSSR count). The predicted molar refractivity (Wildman–Crippen MR) is 76.3 cm³/mol. The summed E-state index contributed by atoms with van der Waals surface area (Å²) in [7, 11) is 0. The predicted octanol–water partition coefficient (Wildman–Crippen LogP) is 4.06. The molecule has 2 heterocycles. The highest BCUT2D eigenvalue weighted by Crippen LogP contribution is 2.29. The Morgan fingerprint density at radius 3 is 2.82 bits per heavy atom. The first-order valence-corrected chi connectivity index (χ1v) is 7.65. The molecule has 2 aromatic heterocycles. The number of thiophene rings is 1. The maximum atomic E-state index is 5.97. The SMILES string of the molecule is CCNC(Cc1ccc(Cl)s1)c1scnc1C. The summed E-state index contributed by atoms with van der Waals surface area (Å²) >= 11 is 9.34. The average Bonchev–Trinajstić information content (AvgIpc) is 2.87. The number of hydrogen-bond acceptors (Lipinski definition) is 4. The number of hydrogen-bond donors (Lipinski definition) is 1. The first-order chi connectivity index (χ1) is 8.20. The highest BCUT2D eigenvalue weighted by Gasteiger charge is 2.16. The lowest BCUT2D eigenvalue weighted by Gasteiger charge is -2.16. The monoisotopic (exact) mass is 286 g/mol. The van der Waals surface area contributed by atoms with Gasteiger partial charge in [-0.3, -0.25) is 0 Å². The molecule has 0 radical (unpaired) electrons. The van der Waals surface area contributed by atoms with E-state index in [1.165, 1.54) is 9.75 Å². The van der Waals surface area contributed by atoms with Gasteiger partial charge in [-0.1, -0.05) is 18.5 Å². The second-order valence-electron chi connectivity index (χ2n) is 3.82. The molecule has 0 aromatic carbocycles. The summed E-state index contributed by atoms with van der Waals surface area (Å²) in [6.45, 7) is 5.16. The van der Waals surface area contributed by atoms with Crippen LogP contribution in [0, 0.1) is 6.92 Å². The van der Waals surface area contributed by atoms with Crippen molar-refractivity contribution in [3.63, 3.8) is 0 Å². The van der Waals surface area contributed by atoms with E-state index in [0.29, 0.717) is 6.04 Å². The van der Waals surface area contributed by atoms with Gasteiger partial charge in [0.15, 0.2) is 0 Å². The minimum atomic E-state index is 0.349. The Bertz CT molecular complexity index is 478. The molecule has 0 bridgehead atoms. The fraction of sp³-hybridized carbons (Fsp3) is 0.417. The van der Waals surface area contributed by atoms with E-state index < -0.39 is 0 Å². The van der Waals surface area contributed by atoms with Crippen molar-refractivity contribution in [1.29, 1.82) is 0 Å². The maximum absolute atomic E-state index is 5.97. The molecule has 92 valence electrons. The van der Waals surface area contributed by atoms with Crippen molar-refractivity contribution >= 4 is 34.3 Å². The smallest absolute Gasteiger partial charge is 0.0931 e. The number of rotatable bonds is 5. The number of aryl methyl sites for hydroxylation is 1. The number of nitrogens with one attached hydrogen (secondary N) is 1. The van der Waals surface area contributed by atoms with E-state index in [0.717, 1.165) is 23.0 Å². The molecule has 1 atom stereocenters. The summed E-state index contributed by atoms with van der Waals surface area (Å²) in [6, 6.07) is 4.42. The Morgan fingerprint density at radius 2 is 2.29 bits per heavy atom. The topological polar surface area (TPSA) is 24.9 Å². The first kappa shape index (κ1) is 13.0. The largest absolute Gasteiger partial charge is 0.309 e. The standard InChI is InChI=1S/C12H15ClN2S2/c1-3-14-10(12-8(2)15-7-16-12)6-9-4-5-11(13)17-9/h4-5,7,10,14H,3,6H2,1-2H3.